The van der Waals surface area contributed by atoms with Gasteiger partial charge in [-0.15, -0.1) is 0 Å². The molecular formula is C22H24N4O3. The Morgan fingerprint density at radius 1 is 1.10 bits per heavy atom. The fraction of sp³-hybridized carbons (Fsp3) is 0.227. The summed E-state index contributed by atoms with van der Waals surface area (Å²) in [4.78, 5) is 25.8. The summed E-state index contributed by atoms with van der Waals surface area (Å²) in [5.74, 6) is 0.709. The van der Waals surface area contributed by atoms with Gasteiger partial charge in [-0.1, -0.05) is 24.3 Å². The number of Topliss-reactive ketones (excluding diaryl/α,β-unsaturated/α-hetero) is 1. The van der Waals surface area contributed by atoms with E-state index >= 15 is 0 Å². The van der Waals surface area contributed by atoms with Gasteiger partial charge in [0.25, 0.3) is 5.91 Å². The van der Waals surface area contributed by atoms with Gasteiger partial charge in [-0.25, -0.2) is 4.68 Å². The molecule has 0 radical (unpaired) electrons. The molecule has 2 aromatic carbocycles. The van der Waals surface area contributed by atoms with E-state index in [-0.39, 0.29) is 18.3 Å². The molecular weight excluding hydrogens is 368 g/mol. The highest BCUT2D eigenvalue weighted by Gasteiger charge is 2.10. The summed E-state index contributed by atoms with van der Waals surface area (Å²) in [6, 6.07) is 16.7. The number of aromatic nitrogens is 2. The predicted octanol–water partition coefficient (Wildman–Crippen LogP) is 3.22. The van der Waals surface area contributed by atoms with Gasteiger partial charge in [-0.3, -0.25) is 9.59 Å². The lowest BCUT2D eigenvalue weighted by atomic mass is 10.1. The summed E-state index contributed by atoms with van der Waals surface area (Å²) in [5.41, 5.74) is 2.74. The van der Waals surface area contributed by atoms with Crippen LogP contribution in [0, 0.1) is 0 Å². The molecule has 3 rings (SSSR count). The molecule has 150 valence electrons. The zero-order chi connectivity index (χ0) is 20.8. The molecule has 7 nitrogen and oxygen atoms in total. The van der Waals surface area contributed by atoms with Gasteiger partial charge in [0, 0.05) is 31.4 Å². The number of carbonyl (C=O) groups excluding carboxylic acids is 2. The lowest BCUT2D eigenvalue weighted by Crippen LogP contribution is -2.22. The average Bonchev–Trinajstić information content (AvgIpc) is 3.13. The molecule has 1 N–H and O–H groups in total. The molecule has 0 aliphatic rings. The van der Waals surface area contributed by atoms with Crippen LogP contribution in [0.5, 0.6) is 5.75 Å². The van der Waals surface area contributed by atoms with Gasteiger partial charge in [0.05, 0.1) is 12.7 Å². The molecule has 1 heterocycles. The number of carbonyl (C=O) groups is 2. The zero-order valence-corrected chi connectivity index (χ0v) is 16.8. The molecule has 29 heavy (non-hydrogen) atoms. The second-order valence-electron chi connectivity index (χ2n) is 6.86. The van der Waals surface area contributed by atoms with E-state index in [2.05, 4.69) is 10.4 Å². The molecule has 1 amide bonds. The first-order valence-electron chi connectivity index (χ1n) is 9.24. The van der Waals surface area contributed by atoms with Crippen LogP contribution >= 0.6 is 0 Å². The van der Waals surface area contributed by atoms with E-state index in [1.807, 2.05) is 43.3 Å². The predicted molar refractivity (Wildman–Crippen MR) is 113 cm³/mol. The van der Waals surface area contributed by atoms with Crippen molar-refractivity contribution < 1.29 is 14.3 Å². The van der Waals surface area contributed by atoms with Crippen LogP contribution in [0.25, 0.3) is 0 Å². The van der Waals surface area contributed by atoms with Crippen LogP contribution in [0.15, 0.2) is 60.8 Å². The smallest absolute Gasteiger partial charge is 0.263 e. The van der Waals surface area contributed by atoms with Gasteiger partial charge in [-0.05, 0) is 36.8 Å². The number of ketones is 1. The van der Waals surface area contributed by atoms with Crippen LogP contribution in [0.4, 0.5) is 11.5 Å². The highest BCUT2D eigenvalue weighted by atomic mass is 16.5. The average molecular weight is 392 g/mol. The standard InChI is InChI=1S/C22H24N4O3/c1-16(27)18-5-4-6-20(13-18)29-15-22(28)24-21-11-12-23-26(21)14-17-7-9-19(10-8-17)25(2)3/h4-13H,14-15H2,1-3H3,(H,24,28). The number of nitrogens with zero attached hydrogens (tertiary/aromatic N) is 3. The monoisotopic (exact) mass is 392 g/mol. The van der Waals surface area contributed by atoms with Crippen LogP contribution < -0.4 is 15.0 Å². The number of nitrogens with one attached hydrogen (secondary N) is 1. The van der Waals surface area contributed by atoms with Crippen molar-refractivity contribution in [3.8, 4) is 5.75 Å². The number of hydrogen-bond acceptors (Lipinski definition) is 5. The Labute approximate surface area is 169 Å². The Balaban J connectivity index is 1.58. The normalized spacial score (nSPS) is 10.4. The van der Waals surface area contributed by atoms with E-state index < -0.39 is 0 Å². The number of ether oxygens (including phenoxy) is 1. The van der Waals surface area contributed by atoms with Crippen LogP contribution in [-0.4, -0.2) is 42.2 Å². The van der Waals surface area contributed by atoms with Crippen LogP contribution in [-0.2, 0) is 11.3 Å². The number of benzene rings is 2. The Morgan fingerprint density at radius 2 is 1.86 bits per heavy atom. The first kappa shape index (κ1) is 20.1. The fourth-order valence-corrected chi connectivity index (χ4v) is 2.77. The first-order chi connectivity index (χ1) is 13.9. The van der Waals surface area contributed by atoms with Crippen molar-refractivity contribution in [2.24, 2.45) is 0 Å². The minimum atomic E-state index is -0.303. The molecule has 0 aliphatic carbocycles. The zero-order valence-electron chi connectivity index (χ0n) is 16.8. The van der Waals surface area contributed by atoms with Crippen molar-refractivity contribution in [2.75, 3.05) is 30.9 Å². The lowest BCUT2D eigenvalue weighted by Gasteiger charge is -2.13. The molecule has 0 fully saturated rings. The quantitative estimate of drug-likeness (QED) is 0.596. The number of amides is 1. The lowest BCUT2D eigenvalue weighted by molar-refractivity contribution is -0.118. The Morgan fingerprint density at radius 3 is 2.55 bits per heavy atom. The van der Waals surface area contributed by atoms with Crippen molar-refractivity contribution in [1.82, 2.24) is 9.78 Å². The molecule has 0 bridgehead atoms. The molecule has 0 saturated carbocycles. The van der Waals surface area contributed by atoms with Crippen molar-refractivity contribution in [1.29, 1.82) is 0 Å². The molecule has 0 spiro atoms. The molecule has 3 aromatic rings. The Bertz CT molecular complexity index is 993. The van der Waals surface area contributed by atoms with Crippen LogP contribution in [0.2, 0.25) is 0 Å². The summed E-state index contributed by atoms with van der Waals surface area (Å²) in [6.45, 7) is 1.86. The van der Waals surface area contributed by atoms with Gasteiger partial charge in [0.1, 0.15) is 11.6 Å². The van der Waals surface area contributed by atoms with E-state index in [9.17, 15) is 9.59 Å². The van der Waals surface area contributed by atoms with Gasteiger partial charge in [0.2, 0.25) is 0 Å². The van der Waals surface area contributed by atoms with Crippen molar-refractivity contribution in [3.05, 3.63) is 71.9 Å². The summed E-state index contributed by atoms with van der Waals surface area (Å²) >= 11 is 0. The highest BCUT2D eigenvalue weighted by molar-refractivity contribution is 5.94. The number of rotatable bonds is 8. The molecule has 0 atom stereocenters. The van der Waals surface area contributed by atoms with Gasteiger partial charge in [0.15, 0.2) is 12.4 Å². The maximum absolute atomic E-state index is 12.3. The topological polar surface area (TPSA) is 76.5 Å². The molecule has 7 heteroatoms. The second-order valence-corrected chi connectivity index (χ2v) is 6.86. The third-order valence-corrected chi connectivity index (χ3v) is 4.38. The first-order valence-corrected chi connectivity index (χ1v) is 9.24. The minimum absolute atomic E-state index is 0.0533. The second kappa shape index (κ2) is 9.05. The number of hydrogen-bond donors (Lipinski definition) is 1. The molecule has 0 aliphatic heterocycles. The van der Waals surface area contributed by atoms with E-state index in [0.717, 1.165) is 11.3 Å². The van der Waals surface area contributed by atoms with Crippen LogP contribution in [0.3, 0.4) is 0 Å². The molecule has 1 aromatic heterocycles. The van der Waals surface area contributed by atoms with Gasteiger partial charge >= 0.3 is 0 Å². The molecule has 0 saturated heterocycles. The maximum atomic E-state index is 12.3. The van der Waals surface area contributed by atoms with E-state index in [1.165, 1.54) is 6.92 Å². The number of anilines is 2. The SMILES string of the molecule is CC(=O)c1cccc(OCC(=O)Nc2ccnn2Cc2ccc(N(C)C)cc2)c1. The Kier molecular flexibility index (Phi) is 6.29. The third-order valence-electron chi connectivity index (χ3n) is 4.38. The maximum Gasteiger partial charge on any atom is 0.263 e. The van der Waals surface area contributed by atoms with Crippen molar-refractivity contribution in [3.63, 3.8) is 0 Å². The fourth-order valence-electron chi connectivity index (χ4n) is 2.77. The summed E-state index contributed by atoms with van der Waals surface area (Å²) in [7, 11) is 3.99. The Hall–Kier alpha value is -3.61. The minimum Gasteiger partial charge on any atom is -0.484 e. The summed E-state index contributed by atoms with van der Waals surface area (Å²) < 4.78 is 7.22. The van der Waals surface area contributed by atoms with E-state index in [1.54, 1.807) is 41.2 Å². The van der Waals surface area contributed by atoms with Crippen molar-refractivity contribution in [2.45, 2.75) is 13.5 Å². The van der Waals surface area contributed by atoms with Gasteiger partial charge in [-0.2, -0.15) is 5.10 Å². The molecule has 0 unspecified atom stereocenters. The van der Waals surface area contributed by atoms with E-state index in [4.69, 9.17) is 4.74 Å². The highest BCUT2D eigenvalue weighted by Crippen LogP contribution is 2.16. The summed E-state index contributed by atoms with van der Waals surface area (Å²) in [5, 5.41) is 7.09. The largest absolute Gasteiger partial charge is 0.484 e. The van der Waals surface area contributed by atoms with E-state index in [0.29, 0.717) is 23.7 Å². The van der Waals surface area contributed by atoms with Crippen LogP contribution in [0.1, 0.15) is 22.8 Å². The van der Waals surface area contributed by atoms with Gasteiger partial charge < -0.3 is 15.0 Å². The summed E-state index contributed by atoms with van der Waals surface area (Å²) in [6.07, 6.45) is 1.64. The third kappa shape index (κ3) is 5.44. The van der Waals surface area contributed by atoms with Crippen molar-refractivity contribution >= 4 is 23.2 Å².